The summed E-state index contributed by atoms with van der Waals surface area (Å²) in [6.07, 6.45) is 3.66. The van der Waals surface area contributed by atoms with Crippen LogP contribution in [0, 0.1) is 0 Å². The highest BCUT2D eigenvalue weighted by molar-refractivity contribution is 6.30. The van der Waals surface area contributed by atoms with E-state index in [2.05, 4.69) is 14.9 Å². The average molecular weight is 474 g/mol. The molecule has 1 aromatic carbocycles. The van der Waals surface area contributed by atoms with Crippen molar-refractivity contribution < 1.29 is 14.3 Å². The number of carbonyl (C=O) groups excluding carboxylic acids is 1. The quantitative estimate of drug-likeness (QED) is 0.424. The highest BCUT2D eigenvalue weighted by atomic mass is 35.5. The first-order valence-corrected chi connectivity index (χ1v) is 12.0. The van der Waals surface area contributed by atoms with Gasteiger partial charge in [-0.25, -0.2) is 9.80 Å². The second-order valence-corrected chi connectivity index (χ2v) is 8.90. The Hall–Kier alpha value is -2.39. The predicted molar refractivity (Wildman–Crippen MR) is 130 cm³/mol. The lowest BCUT2D eigenvalue weighted by molar-refractivity contribution is 0.111. The Balaban J connectivity index is 1.17. The van der Waals surface area contributed by atoms with Gasteiger partial charge in [-0.3, -0.25) is 4.90 Å². The number of aliphatic hydroxyl groups excluding tert-OH is 1. The number of urea groups is 1. The van der Waals surface area contributed by atoms with Crippen LogP contribution in [0.2, 0.25) is 5.02 Å². The third-order valence-corrected chi connectivity index (χ3v) is 6.44. The number of furan rings is 1. The van der Waals surface area contributed by atoms with Crippen LogP contribution in [-0.2, 0) is 0 Å². The molecule has 33 heavy (non-hydrogen) atoms. The monoisotopic (exact) mass is 473 g/mol. The van der Waals surface area contributed by atoms with E-state index in [1.54, 1.807) is 6.21 Å². The smallest absolute Gasteiger partial charge is 0.340 e. The minimum atomic E-state index is -0.0478. The molecule has 0 bridgehead atoms. The maximum Gasteiger partial charge on any atom is 0.340 e. The maximum atomic E-state index is 12.6. The fraction of sp³-hybridized carbons (Fsp3) is 0.500. The van der Waals surface area contributed by atoms with Crippen LogP contribution in [0.3, 0.4) is 0 Å². The molecule has 3 heterocycles. The van der Waals surface area contributed by atoms with Crippen molar-refractivity contribution in [2.45, 2.75) is 12.8 Å². The van der Waals surface area contributed by atoms with E-state index in [0.717, 1.165) is 70.0 Å². The van der Waals surface area contributed by atoms with Gasteiger partial charge in [0.05, 0.1) is 19.4 Å². The summed E-state index contributed by atoms with van der Waals surface area (Å²) in [6, 6.07) is 11.1. The molecule has 2 aromatic rings. The Morgan fingerprint density at radius 1 is 0.909 bits per heavy atom. The fourth-order valence-electron chi connectivity index (χ4n) is 4.22. The number of hydrogen-bond donors (Lipinski definition) is 1. The standard InChI is InChI=1S/C24H32ClN5O3/c25-21-5-3-20(4-6-21)23-8-7-22(33-23)19-26-30-16-15-29(24(30)32)10-2-1-9-27-11-13-28(14-12-27)17-18-31/h3-8,19,31H,1-2,9-18H2/b26-19+. The number of hydrazone groups is 1. The van der Waals surface area contributed by atoms with Gasteiger partial charge < -0.3 is 19.3 Å². The molecule has 2 aliphatic heterocycles. The van der Waals surface area contributed by atoms with Gasteiger partial charge in [0.1, 0.15) is 11.5 Å². The number of halogens is 1. The topological polar surface area (TPSA) is 75.8 Å². The number of benzene rings is 1. The molecule has 0 atom stereocenters. The van der Waals surface area contributed by atoms with Crippen molar-refractivity contribution in [1.82, 2.24) is 19.7 Å². The van der Waals surface area contributed by atoms with Crippen molar-refractivity contribution in [2.75, 3.05) is 65.5 Å². The Morgan fingerprint density at radius 3 is 2.33 bits per heavy atom. The van der Waals surface area contributed by atoms with Crippen molar-refractivity contribution in [2.24, 2.45) is 5.10 Å². The van der Waals surface area contributed by atoms with Crippen molar-refractivity contribution >= 4 is 23.8 Å². The van der Waals surface area contributed by atoms with Crippen molar-refractivity contribution in [1.29, 1.82) is 0 Å². The number of nitrogens with zero attached hydrogens (tertiary/aromatic N) is 5. The molecule has 178 valence electrons. The van der Waals surface area contributed by atoms with Crippen LogP contribution in [-0.4, -0.2) is 103 Å². The second kappa shape index (κ2) is 11.7. The van der Waals surface area contributed by atoms with Gasteiger partial charge in [0.25, 0.3) is 0 Å². The zero-order chi connectivity index (χ0) is 23.0. The van der Waals surface area contributed by atoms with E-state index in [4.69, 9.17) is 21.1 Å². The lowest BCUT2D eigenvalue weighted by Crippen LogP contribution is -2.47. The molecular formula is C24H32ClN5O3. The number of aliphatic hydroxyl groups is 1. The van der Waals surface area contributed by atoms with Gasteiger partial charge in [-0.05, 0) is 55.8 Å². The molecular weight excluding hydrogens is 442 g/mol. The summed E-state index contributed by atoms with van der Waals surface area (Å²) in [5.74, 6) is 1.34. The van der Waals surface area contributed by atoms with Gasteiger partial charge in [0, 0.05) is 56.4 Å². The summed E-state index contributed by atoms with van der Waals surface area (Å²) in [4.78, 5) is 19.3. The lowest BCUT2D eigenvalue weighted by atomic mass is 10.2. The first kappa shape index (κ1) is 23.8. The summed E-state index contributed by atoms with van der Waals surface area (Å²) < 4.78 is 5.82. The molecule has 0 aliphatic carbocycles. The van der Waals surface area contributed by atoms with E-state index < -0.39 is 0 Å². The van der Waals surface area contributed by atoms with E-state index in [1.165, 1.54) is 5.01 Å². The second-order valence-electron chi connectivity index (χ2n) is 8.46. The fourth-order valence-corrected chi connectivity index (χ4v) is 4.34. The van der Waals surface area contributed by atoms with Gasteiger partial charge >= 0.3 is 6.03 Å². The summed E-state index contributed by atoms with van der Waals surface area (Å²) in [5, 5.41) is 15.6. The minimum absolute atomic E-state index is 0.0478. The third kappa shape index (κ3) is 6.57. The Labute approximate surface area is 200 Å². The third-order valence-electron chi connectivity index (χ3n) is 6.19. The lowest BCUT2D eigenvalue weighted by Gasteiger charge is -2.34. The first-order valence-electron chi connectivity index (χ1n) is 11.6. The van der Waals surface area contributed by atoms with Crippen LogP contribution >= 0.6 is 11.6 Å². The zero-order valence-electron chi connectivity index (χ0n) is 18.9. The SMILES string of the molecule is O=C1N(CCCCN2CCN(CCO)CC2)CCN1/N=C/c1ccc(-c2ccc(Cl)cc2)o1. The number of rotatable bonds is 10. The van der Waals surface area contributed by atoms with Gasteiger partial charge in [-0.15, -0.1) is 0 Å². The van der Waals surface area contributed by atoms with Crippen molar-refractivity contribution in [3.8, 4) is 11.3 Å². The van der Waals surface area contributed by atoms with Crippen LogP contribution in [0.1, 0.15) is 18.6 Å². The molecule has 1 aromatic heterocycles. The molecule has 2 amide bonds. The van der Waals surface area contributed by atoms with Gasteiger partial charge in [-0.2, -0.15) is 5.10 Å². The Kier molecular flexibility index (Phi) is 8.39. The molecule has 0 spiro atoms. The number of hydrogen-bond acceptors (Lipinski definition) is 6. The highest BCUT2D eigenvalue weighted by Gasteiger charge is 2.27. The Morgan fingerprint density at radius 2 is 1.61 bits per heavy atom. The number of amides is 2. The summed E-state index contributed by atoms with van der Waals surface area (Å²) >= 11 is 5.94. The normalized spacial score (nSPS) is 18.2. The summed E-state index contributed by atoms with van der Waals surface area (Å²) in [7, 11) is 0. The molecule has 4 rings (SSSR count). The van der Waals surface area contributed by atoms with Crippen LogP contribution < -0.4 is 0 Å². The summed E-state index contributed by atoms with van der Waals surface area (Å²) in [6.45, 7) is 8.27. The first-order chi connectivity index (χ1) is 16.1. The van der Waals surface area contributed by atoms with Gasteiger partial charge in [-0.1, -0.05) is 11.6 Å². The number of β-amino-alcohol motifs (C(OH)–C–C–N with tert-alkyl or cyclic N) is 1. The van der Waals surface area contributed by atoms with E-state index in [9.17, 15) is 4.79 Å². The molecule has 0 saturated carbocycles. The number of unbranched alkanes of at least 4 members (excludes halogenated alkanes) is 1. The molecule has 0 unspecified atom stereocenters. The highest BCUT2D eigenvalue weighted by Crippen LogP contribution is 2.23. The van der Waals surface area contributed by atoms with Crippen molar-refractivity contribution in [3.05, 3.63) is 47.2 Å². The molecule has 2 saturated heterocycles. The largest absolute Gasteiger partial charge is 0.455 e. The molecule has 8 nitrogen and oxygen atoms in total. The van der Waals surface area contributed by atoms with Gasteiger partial charge in [0.15, 0.2) is 0 Å². The number of carbonyl (C=O) groups is 1. The maximum absolute atomic E-state index is 12.6. The minimum Gasteiger partial charge on any atom is -0.455 e. The number of piperazine rings is 1. The van der Waals surface area contributed by atoms with E-state index >= 15 is 0 Å². The average Bonchev–Trinajstić information content (AvgIpc) is 3.44. The van der Waals surface area contributed by atoms with E-state index in [1.807, 2.05) is 41.3 Å². The summed E-state index contributed by atoms with van der Waals surface area (Å²) in [5.41, 5.74) is 0.939. The Bertz CT molecular complexity index is 924. The molecule has 0 radical (unpaired) electrons. The van der Waals surface area contributed by atoms with Crippen molar-refractivity contribution in [3.63, 3.8) is 0 Å². The van der Waals surface area contributed by atoms with Crippen LogP contribution in [0.25, 0.3) is 11.3 Å². The van der Waals surface area contributed by atoms with Gasteiger partial charge in [0.2, 0.25) is 0 Å². The zero-order valence-corrected chi connectivity index (χ0v) is 19.7. The predicted octanol–water partition coefficient (Wildman–Crippen LogP) is 3.06. The van der Waals surface area contributed by atoms with Crippen LogP contribution in [0.5, 0.6) is 0 Å². The molecule has 1 N–H and O–H groups in total. The molecule has 9 heteroatoms. The van der Waals surface area contributed by atoms with E-state index in [0.29, 0.717) is 23.9 Å². The van der Waals surface area contributed by atoms with E-state index in [-0.39, 0.29) is 12.6 Å². The molecule has 2 fully saturated rings. The molecule has 2 aliphatic rings. The van der Waals surface area contributed by atoms with Crippen LogP contribution in [0.4, 0.5) is 4.79 Å². The van der Waals surface area contributed by atoms with Crippen LogP contribution in [0.15, 0.2) is 45.9 Å².